The highest BCUT2D eigenvalue weighted by molar-refractivity contribution is 5.89. The Bertz CT molecular complexity index is 1260. The molecule has 3 saturated heterocycles. The molecule has 0 bridgehead atoms. The van der Waals surface area contributed by atoms with E-state index in [1.54, 1.807) is 12.1 Å². The van der Waals surface area contributed by atoms with Gasteiger partial charge >= 0.3 is 5.97 Å². The fourth-order valence-corrected chi connectivity index (χ4v) is 7.27. The molecule has 8 nitrogen and oxygen atoms in total. The number of hydrogen-bond donors (Lipinski definition) is 0. The second-order valence-electron chi connectivity index (χ2n) is 14.4. The van der Waals surface area contributed by atoms with Crippen molar-refractivity contribution in [3.63, 3.8) is 0 Å². The zero-order valence-corrected chi connectivity index (χ0v) is 29.6. The van der Waals surface area contributed by atoms with Gasteiger partial charge in [0.05, 0.1) is 49.3 Å². The van der Waals surface area contributed by atoms with Crippen LogP contribution >= 0.6 is 0 Å². The summed E-state index contributed by atoms with van der Waals surface area (Å²) in [6, 6.07) is 19.2. The Hall–Kier alpha value is -2.33. The van der Waals surface area contributed by atoms with Gasteiger partial charge in [0.25, 0.3) is 0 Å². The van der Waals surface area contributed by atoms with Gasteiger partial charge in [0, 0.05) is 11.8 Å². The van der Waals surface area contributed by atoms with Gasteiger partial charge in [0.2, 0.25) is 0 Å². The Morgan fingerprint density at radius 2 is 1.19 bits per heavy atom. The molecule has 3 aliphatic rings. The van der Waals surface area contributed by atoms with Gasteiger partial charge in [0.15, 0.2) is 18.7 Å². The maximum Gasteiger partial charge on any atom is 0.338 e. The first-order chi connectivity index (χ1) is 22.5. The van der Waals surface area contributed by atoms with Gasteiger partial charge in [-0.25, -0.2) is 4.79 Å². The second kappa shape index (κ2) is 15.9. The zero-order chi connectivity index (χ0) is 33.8. The SMILES string of the molecule is CC1C(C)[C@H](C)[C@H](COCc2ccccc2)O[C@@H]1O[C@@H]1C(OC(=O)c2ccccc2)[C@H](OC2[C@H](C)OC(C)[C@H](C)[C@@H]2C)OC(C)[C@@H]1C. The van der Waals surface area contributed by atoms with E-state index in [1.165, 1.54) is 0 Å². The largest absolute Gasteiger partial charge is 0.451 e. The molecular weight excluding hydrogens is 596 g/mol. The normalized spacial score (nSPS) is 40.9. The number of benzene rings is 2. The van der Waals surface area contributed by atoms with Crippen LogP contribution in [0.5, 0.6) is 0 Å². The van der Waals surface area contributed by atoms with E-state index in [-0.39, 0.29) is 60.1 Å². The number of esters is 1. The van der Waals surface area contributed by atoms with Crippen molar-refractivity contribution in [1.82, 2.24) is 0 Å². The quantitative estimate of drug-likeness (QED) is 0.248. The van der Waals surface area contributed by atoms with Crippen LogP contribution in [-0.4, -0.2) is 67.9 Å². The summed E-state index contributed by atoms with van der Waals surface area (Å²) in [5.41, 5.74) is 1.59. The lowest BCUT2D eigenvalue weighted by atomic mass is 9.79. The highest BCUT2D eigenvalue weighted by atomic mass is 16.7. The van der Waals surface area contributed by atoms with Crippen molar-refractivity contribution in [2.75, 3.05) is 6.61 Å². The first kappa shape index (κ1) is 36.0. The van der Waals surface area contributed by atoms with Crippen LogP contribution in [0.3, 0.4) is 0 Å². The van der Waals surface area contributed by atoms with E-state index in [0.717, 1.165) is 5.56 Å². The number of ether oxygens (including phenoxy) is 7. The molecule has 2 aromatic rings. The molecule has 0 radical (unpaired) electrons. The third-order valence-electron chi connectivity index (χ3n) is 11.4. The van der Waals surface area contributed by atoms with Gasteiger partial charge in [-0.3, -0.25) is 0 Å². The van der Waals surface area contributed by atoms with Gasteiger partial charge in [-0.05, 0) is 62.1 Å². The molecule has 5 rings (SSSR count). The molecular formula is C39H56O8. The van der Waals surface area contributed by atoms with Crippen molar-refractivity contribution >= 4 is 5.97 Å². The summed E-state index contributed by atoms with van der Waals surface area (Å²) in [5, 5.41) is 0. The van der Waals surface area contributed by atoms with Crippen LogP contribution in [0.15, 0.2) is 60.7 Å². The van der Waals surface area contributed by atoms with Crippen molar-refractivity contribution in [3.8, 4) is 0 Å². The van der Waals surface area contributed by atoms with Crippen molar-refractivity contribution < 1.29 is 38.0 Å². The monoisotopic (exact) mass is 652 g/mol. The van der Waals surface area contributed by atoms with Gasteiger partial charge in [-0.15, -0.1) is 0 Å². The average molecular weight is 653 g/mol. The van der Waals surface area contributed by atoms with Crippen molar-refractivity contribution in [1.29, 1.82) is 0 Å². The summed E-state index contributed by atoms with van der Waals surface area (Å²) in [7, 11) is 0. The first-order valence-corrected chi connectivity index (χ1v) is 17.6. The lowest BCUT2D eigenvalue weighted by Gasteiger charge is -2.50. The molecule has 260 valence electrons. The minimum absolute atomic E-state index is 0.0969. The molecule has 3 aliphatic heterocycles. The molecule has 3 heterocycles. The van der Waals surface area contributed by atoms with Crippen LogP contribution in [0.2, 0.25) is 0 Å². The summed E-state index contributed by atoms with van der Waals surface area (Å²) in [6.45, 7) is 20.3. The van der Waals surface area contributed by atoms with Crippen LogP contribution < -0.4 is 0 Å². The van der Waals surface area contributed by atoms with Crippen molar-refractivity contribution in [2.45, 2.75) is 124 Å². The summed E-state index contributed by atoms with van der Waals surface area (Å²) in [4.78, 5) is 13.6. The van der Waals surface area contributed by atoms with Crippen LogP contribution in [-0.2, 0) is 39.8 Å². The number of carbonyl (C=O) groups excluding carboxylic acids is 1. The zero-order valence-electron chi connectivity index (χ0n) is 29.6. The van der Waals surface area contributed by atoms with E-state index in [9.17, 15) is 4.79 Å². The van der Waals surface area contributed by atoms with E-state index in [1.807, 2.05) is 50.2 Å². The van der Waals surface area contributed by atoms with Crippen molar-refractivity contribution in [2.24, 2.45) is 35.5 Å². The molecule has 3 fully saturated rings. The minimum Gasteiger partial charge on any atom is -0.451 e. The van der Waals surface area contributed by atoms with Crippen LogP contribution in [0.4, 0.5) is 0 Å². The third-order valence-corrected chi connectivity index (χ3v) is 11.4. The topological polar surface area (TPSA) is 81.7 Å². The molecule has 0 N–H and O–H groups in total. The Morgan fingerprint density at radius 1 is 0.574 bits per heavy atom. The molecule has 2 aromatic carbocycles. The Labute approximate surface area is 281 Å². The Morgan fingerprint density at radius 3 is 1.87 bits per heavy atom. The van der Waals surface area contributed by atoms with E-state index < -0.39 is 30.8 Å². The predicted octanol–water partition coefficient (Wildman–Crippen LogP) is 7.29. The van der Waals surface area contributed by atoms with E-state index in [2.05, 4.69) is 60.6 Å². The lowest BCUT2D eigenvalue weighted by molar-refractivity contribution is -0.348. The molecule has 15 atom stereocenters. The lowest BCUT2D eigenvalue weighted by Crippen LogP contribution is -2.61. The molecule has 0 spiro atoms. The molecule has 8 heteroatoms. The Balaban J connectivity index is 1.38. The molecule has 47 heavy (non-hydrogen) atoms. The van der Waals surface area contributed by atoms with Crippen molar-refractivity contribution in [3.05, 3.63) is 71.8 Å². The van der Waals surface area contributed by atoms with E-state index in [0.29, 0.717) is 24.7 Å². The van der Waals surface area contributed by atoms with Crippen LogP contribution in [0, 0.1) is 35.5 Å². The van der Waals surface area contributed by atoms with Gasteiger partial charge in [-0.2, -0.15) is 0 Å². The summed E-state index contributed by atoms with van der Waals surface area (Å²) in [5.74, 6) is 0.615. The fourth-order valence-electron chi connectivity index (χ4n) is 7.27. The predicted molar refractivity (Wildman–Crippen MR) is 179 cm³/mol. The summed E-state index contributed by atoms with van der Waals surface area (Å²) in [6.07, 6.45) is -3.40. The highest BCUT2D eigenvalue weighted by Gasteiger charge is 2.51. The number of carbonyl (C=O) groups is 1. The van der Waals surface area contributed by atoms with Gasteiger partial charge < -0.3 is 33.2 Å². The number of rotatable bonds is 10. The molecule has 6 unspecified atom stereocenters. The minimum atomic E-state index is -0.849. The molecule has 0 aromatic heterocycles. The second-order valence-corrected chi connectivity index (χ2v) is 14.4. The molecule has 0 saturated carbocycles. The molecule has 0 aliphatic carbocycles. The van der Waals surface area contributed by atoms with Gasteiger partial charge in [0.1, 0.15) is 6.10 Å². The summed E-state index contributed by atoms with van der Waals surface area (Å²) < 4.78 is 45.7. The van der Waals surface area contributed by atoms with Crippen LogP contribution in [0.25, 0.3) is 0 Å². The van der Waals surface area contributed by atoms with Gasteiger partial charge in [-0.1, -0.05) is 90.1 Å². The Kier molecular flexibility index (Phi) is 12.2. The fraction of sp³-hybridized carbons (Fsp3) is 0.667. The third kappa shape index (κ3) is 8.28. The highest BCUT2D eigenvalue weighted by Crippen LogP contribution is 2.41. The standard InChI is InChI=1S/C39H56O8/c1-22-24(3)33(21-41-20-31-16-12-10-13-17-31)44-38(26(22)5)47-35-27(6)29(8)43-39(36(35)45-37(40)32-18-14-11-15-19-32)46-34-25(4)23(2)28(7)42-30(34)9/h10-19,22-30,33-36,38-39H,20-21H2,1-9H3/t22?,23-,24+,25+,26?,27+,28?,29?,30+,33+,34?,35+,36?,38-,39+/m1/s1. The summed E-state index contributed by atoms with van der Waals surface area (Å²) >= 11 is 0. The maximum absolute atomic E-state index is 13.6. The average Bonchev–Trinajstić information content (AvgIpc) is 3.07. The first-order valence-electron chi connectivity index (χ1n) is 17.6. The smallest absolute Gasteiger partial charge is 0.338 e. The van der Waals surface area contributed by atoms with E-state index in [4.69, 9.17) is 33.2 Å². The number of hydrogen-bond acceptors (Lipinski definition) is 8. The van der Waals surface area contributed by atoms with E-state index >= 15 is 0 Å². The maximum atomic E-state index is 13.6. The molecule has 0 amide bonds. The van der Waals surface area contributed by atoms with Crippen LogP contribution in [0.1, 0.15) is 78.2 Å².